The van der Waals surface area contributed by atoms with Crippen LogP contribution in [0.1, 0.15) is 57.3 Å². The molecule has 1 aromatic heterocycles. The monoisotopic (exact) mass is 264 g/mol. The zero-order valence-electron chi connectivity index (χ0n) is 11.7. The predicted molar refractivity (Wildman–Crippen MR) is 72.7 cm³/mol. The van der Waals surface area contributed by atoms with Crippen molar-refractivity contribution in [1.29, 1.82) is 0 Å². The molecule has 0 radical (unpaired) electrons. The van der Waals surface area contributed by atoms with Crippen LogP contribution in [0.15, 0.2) is 6.33 Å². The minimum absolute atomic E-state index is 0.163. The van der Waals surface area contributed by atoms with Crippen LogP contribution in [0.3, 0.4) is 0 Å². The lowest BCUT2D eigenvalue weighted by atomic mass is 9.80. The molecule has 1 saturated carbocycles. The van der Waals surface area contributed by atoms with Crippen molar-refractivity contribution < 1.29 is 4.74 Å². The minimum atomic E-state index is 0.163. The first-order chi connectivity index (χ1) is 9.33. The maximum Gasteiger partial charge on any atom is 0.141 e. The van der Waals surface area contributed by atoms with Crippen molar-refractivity contribution in [1.82, 2.24) is 20.5 Å². The number of aromatic amines is 1. The summed E-state index contributed by atoms with van der Waals surface area (Å²) in [6.45, 7) is 3.99. The second-order valence-corrected chi connectivity index (χ2v) is 5.90. The molecule has 2 aliphatic rings. The van der Waals surface area contributed by atoms with Crippen molar-refractivity contribution in [3.8, 4) is 0 Å². The van der Waals surface area contributed by atoms with Crippen molar-refractivity contribution in [2.24, 2.45) is 5.92 Å². The van der Waals surface area contributed by atoms with Gasteiger partial charge in [-0.3, -0.25) is 5.10 Å². The molecule has 0 amide bonds. The molecule has 1 spiro atoms. The molecular formula is C14H24N4O. The molecular weight excluding hydrogens is 240 g/mol. The maximum absolute atomic E-state index is 6.13. The Morgan fingerprint density at radius 2 is 2.37 bits per heavy atom. The molecule has 2 fully saturated rings. The van der Waals surface area contributed by atoms with E-state index in [9.17, 15) is 0 Å². The Morgan fingerprint density at radius 1 is 1.53 bits per heavy atom. The standard InChI is InChI=1S/C14H24N4O/c1-2-15-12(13-16-10-17-18-13)11-5-8-19-14(9-11)6-3-4-7-14/h10-12,15H,2-9H2,1H3,(H,16,17,18). The zero-order chi connectivity index (χ0) is 13.1. The maximum atomic E-state index is 6.13. The van der Waals surface area contributed by atoms with E-state index in [-0.39, 0.29) is 11.6 Å². The average Bonchev–Trinajstić information content (AvgIpc) is 3.08. The third-order valence-electron chi connectivity index (χ3n) is 4.67. The van der Waals surface area contributed by atoms with Gasteiger partial charge in [0, 0.05) is 6.61 Å². The van der Waals surface area contributed by atoms with E-state index < -0.39 is 0 Å². The Labute approximate surface area is 114 Å². The highest BCUT2D eigenvalue weighted by molar-refractivity contribution is 5.00. The molecule has 1 aliphatic heterocycles. The molecule has 0 aromatic carbocycles. The molecule has 1 aliphatic carbocycles. The second-order valence-electron chi connectivity index (χ2n) is 5.90. The topological polar surface area (TPSA) is 62.8 Å². The summed E-state index contributed by atoms with van der Waals surface area (Å²) >= 11 is 0. The lowest BCUT2D eigenvalue weighted by molar-refractivity contribution is -0.0985. The van der Waals surface area contributed by atoms with E-state index in [2.05, 4.69) is 27.4 Å². The molecule has 1 saturated heterocycles. The fourth-order valence-corrected chi connectivity index (χ4v) is 3.79. The number of nitrogens with zero attached hydrogens (tertiary/aromatic N) is 2. The SMILES string of the molecule is CCNC(c1ncn[nH]1)C1CCOC2(CCCC2)C1. The quantitative estimate of drug-likeness (QED) is 0.875. The van der Waals surface area contributed by atoms with Gasteiger partial charge in [-0.2, -0.15) is 5.10 Å². The smallest absolute Gasteiger partial charge is 0.141 e. The largest absolute Gasteiger partial charge is 0.375 e. The first kappa shape index (κ1) is 13.1. The first-order valence-electron chi connectivity index (χ1n) is 7.55. The molecule has 106 valence electrons. The summed E-state index contributed by atoms with van der Waals surface area (Å²) in [6, 6.07) is 0.286. The highest BCUT2D eigenvalue weighted by Crippen LogP contribution is 2.44. The van der Waals surface area contributed by atoms with E-state index in [4.69, 9.17) is 4.74 Å². The third-order valence-corrected chi connectivity index (χ3v) is 4.67. The number of nitrogens with one attached hydrogen (secondary N) is 2. The second kappa shape index (κ2) is 5.59. The van der Waals surface area contributed by atoms with Crippen molar-refractivity contribution >= 4 is 0 Å². The number of H-pyrrole nitrogens is 1. The number of hydrogen-bond acceptors (Lipinski definition) is 4. The van der Waals surface area contributed by atoms with E-state index in [1.54, 1.807) is 6.33 Å². The van der Waals surface area contributed by atoms with E-state index in [1.807, 2.05) is 0 Å². The van der Waals surface area contributed by atoms with Gasteiger partial charge in [0.25, 0.3) is 0 Å². The van der Waals surface area contributed by atoms with Gasteiger partial charge in [0.15, 0.2) is 0 Å². The van der Waals surface area contributed by atoms with Gasteiger partial charge < -0.3 is 10.1 Å². The van der Waals surface area contributed by atoms with E-state index in [0.29, 0.717) is 5.92 Å². The van der Waals surface area contributed by atoms with Gasteiger partial charge in [-0.05, 0) is 38.1 Å². The lowest BCUT2D eigenvalue weighted by Gasteiger charge is -2.41. The van der Waals surface area contributed by atoms with Gasteiger partial charge in [0.1, 0.15) is 12.2 Å². The first-order valence-corrected chi connectivity index (χ1v) is 7.55. The number of ether oxygens (including phenoxy) is 1. The number of hydrogen-bond donors (Lipinski definition) is 2. The predicted octanol–water partition coefficient (Wildman–Crippen LogP) is 2.19. The summed E-state index contributed by atoms with van der Waals surface area (Å²) in [5, 5.41) is 10.6. The summed E-state index contributed by atoms with van der Waals surface area (Å²) in [5.74, 6) is 1.57. The van der Waals surface area contributed by atoms with Crippen LogP contribution in [0.5, 0.6) is 0 Å². The Kier molecular flexibility index (Phi) is 3.84. The molecule has 2 atom stereocenters. The fourth-order valence-electron chi connectivity index (χ4n) is 3.79. The molecule has 2 N–H and O–H groups in total. The molecule has 5 heteroatoms. The Balaban J connectivity index is 1.74. The van der Waals surface area contributed by atoms with E-state index in [1.165, 1.54) is 25.7 Å². The van der Waals surface area contributed by atoms with Gasteiger partial charge in [-0.15, -0.1) is 0 Å². The molecule has 5 nitrogen and oxygen atoms in total. The van der Waals surface area contributed by atoms with Gasteiger partial charge >= 0.3 is 0 Å². The highest BCUT2D eigenvalue weighted by Gasteiger charge is 2.42. The fraction of sp³-hybridized carbons (Fsp3) is 0.857. The van der Waals surface area contributed by atoms with Gasteiger partial charge in [-0.25, -0.2) is 4.98 Å². The molecule has 0 bridgehead atoms. The van der Waals surface area contributed by atoms with Crippen molar-refractivity contribution in [3.63, 3.8) is 0 Å². The van der Waals surface area contributed by atoms with E-state index in [0.717, 1.165) is 31.8 Å². The number of aromatic nitrogens is 3. The van der Waals surface area contributed by atoms with Crippen LogP contribution in [0.25, 0.3) is 0 Å². The summed E-state index contributed by atoms with van der Waals surface area (Å²) < 4.78 is 6.13. The van der Waals surface area contributed by atoms with Crippen LogP contribution in [0, 0.1) is 5.92 Å². The Hall–Kier alpha value is -0.940. The lowest BCUT2D eigenvalue weighted by Crippen LogP contribution is -2.42. The Morgan fingerprint density at radius 3 is 3.05 bits per heavy atom. The third kappa shape index (κ3) is 2.67. The zero-order valence-corrected chi connectivity index (χ0v) is 11.7. The van der Waals surface area contributed by atoms with Crippen LogP contribution in [-0.4, -0.2) is 33.9 Å². The molecule has 19 heavy (non-hydrogen) atoms. The molecule has 2 heterocycles. The summed E-state index contributed by atoms with van der Waals surface area (Å²) in [6.07, 6.45) is 8.98. The summed E-state index contributed by atoms with van der Waals surface area (Å²) in [4.78, 5) is 4.36. The van der Waals surface area contributed by atoms with Crippen molar-refractivity contribution in [2.45, 2.75) is 57.1 Å². The van der Waals surface area contributed by atoms with Gasteiger partial charge in [0.05, 0.1) is 11.6 Å². The summed E-state index contributed by atoms with van der Waals surface area (Å²) in [5.41, 5.74) is 0.163. The number of rotatable bonds is 4. The van der Waals surface area contributed by atoms with Gasteiger partial charge in [-0.1, -0.05) is 19.8 Å². The normalized spacial score (nSPS) is 27.7. The van der Waals surface area contributed by atoms with Crippen LogP contribution < -0.4 is 5.32 Å². The minimum Gasteiger partial charge on any atom is -0.375 e. The Bertz CT molecular complexity index is 386. The van der Waals surface area contributed by atoms with Crippen LogP contribution in [0.4, 0.5) is 0 Å². The molecule has 2 unspecified atom stereocenters. The van der Waals surface area contributed by atoms with Gasteiger partial charge in [0.2, 0.25) is 0 Å². The highest BCUT2D eigenvalue weighted by atomic mass is 16.5. The average molecular weight is 264 g/mol. The molecule has 1 aromatic rings. The van der Waals surface area contributed by atoms with Crippen LogP contribution in [0.2, 0.25) is 0 Å². The van der Waals surface area contributed by atoms with E-state index >= 15 is 0 Å². The summed E-state index contributed by atoms with van der Waals surface area (Å²) in [7, 11) is 0. The molecule has 3 rings (SSSR count). The van der Waals surface area contributed by atoms with Crippen LogP contribution in [-0.2, 0) is 4.74 Å². The van der Waals surface area contributed by atoms with Crippen molar-refractivity contribution in [3.05, 3.63) is 12.2 Å². The van der Waals surface area contributed by atoms with Crippen molar-refractivity contribution in [2.75, 3.05) is 13.2 Å². The van der Waals surface area contributed by atoms with Crippen LogP contribution >= 0.6 is 0 Å².